The molecule has 1 fully saturated rings. The Morgan fingerprint density at radius 3 is 2.89 bits per heavy atom. The van der Waals surface area contributed by atoms with Crippen LogP contribution in [0.15, 0.2) is 12.4 Å². The highest BCUT2D eigenvalue weighted by Crippen LogP contribution is 2.37. The van der Waals surface area contributed by atoms with E-state index in [9.17, 15) is 4.79 Å². The first-order valence-corrected chi connectivity index (χ1v) is 5.93. The van der Waals surface area contributed by atoms with Crippen molar-refractivity contribution in [3.8, 4) is 0 Å². The van der Waals surface area contributed by atoms with Crippen molar-refractivity contribution in [2.45, 2.75) is 25.3 Å². The van der Waals surface area contributed by atoms with E-state index in [1.165, 1.54) is 12.4 Å². The van der Waals surface area contributed by atoms with Gasteiger partial charge in [-0.1, -0.05) is 0 Å². The number of carboxylic acid groups (broad SMARTS) is 1. The average Bonchev–Trinajstić information content (AvgIpc) is 3.16. The van der Waals surface area contributed by atoms with Gasteiger partial charge in [0.25, 0.3) is 0 Å². The molecule has 2 aromatic rings. The summed E-state index contributed by atoms with van der Waals surface area (Å²) in [6.07, 6.45) is 4.90. The van der Waals surface area contributed by atoms with E-state index in [0.29, 0.717) is 18.3 Å². The standard InChI is InChI=1S/C11H12N6O2/c18-11(19)7-3-13-8(4-12-7)14-5-9-15-10(17-16-9)6-1-2-6/h3-4,6H,1-2,5H2,(H,13,14)(H,18,19)(H,15,16,17). The van der Waals surface area contributed by atoms with Crippen LogP contribution in [-0.4, -0.2) is 36.2 Å². The van der Waals surface area contributed by atoms with Gasteiger partial charge in [-0.25, -0.2) is 19.7 Å². The summed E-state index contributed by atoms with van der Waals surface area (Å²) in [6, 6.07) is 0. The van der Waals surface area contributed by atoms with Crippen LogP contribution in [0.5, 0.6) is 0 Å². The van der Waals surface area contributed by atoms with Crippen LogP contribution in [0.3, 0.4) is 0 Å². The van der Waals surface area contributed by atoms with Crippen molar-refractivity contribution in [2.24, 2.45) is 0 Å². The first-order chi connectivity index (χ1) is 9.22. The Kier molecular flexibility index (Phi) is 2.82. The van der Waals surface area contributed by atoms with Crippen LogP contribution in [0.25, 0.3) is 0 Å². The fraction of sp³-hybridized carbons (Fsp3) is 0.364. The summed E-state index contributed by atoms with van der Waals surface area (Å²) in [5.41, 5.74) is -0.0822. The third kappa shape index (κ3) is 2.67. The minimum Gasteiger partial charge on any atom is -0.476 e. The zero-order valence-electron chi connectivity index (χ0n) is 10.00. The van der Waals surface area contributed by atoms with E-state index in [1.54, 1.807) is 0 Å². The van der Waals surface area contributed by atoms with Crippen LogP contribution in [0, 0.1) is 0 Å². The van der Waals surface area contributed by atoms with Crippen molar-refractivity contribution in [2.75, 3.05) is 5.32 Å². The van der Waals surface area contributed by atoms with Crippen molar-refractivity contribution in [3.63, 3.8) is 0 Å². The second-order valence-electron chi connectivity index (χ2n) is 4.36. The summed E-state index contributed by atoms with van der Waals surface area (Å²) in [5.74, 6) is 1.51. The number of nitrogens with zero attached hydrogens (tertiary/aromatic N) is 4. The molecule has 0 spiro atoms. The van der Waals surface area contributed by atoms with Gasteiger partial charge in [-0.05, 0) is 12.8 Å². The maximum Gasteiger partial charge on any atom is 0.356 e. The second kappa shape index (κ2) is 4.63. The van der Waals surface area contributed by atoms with Crippen LogP contribution in [-0.2, 0) is 6.54 Å². The molecule has 19 heavy (non-hydrogen) atoms. The molecule has 1 aliphatic carbocycles. The fourth-order valence-electron chi connectivity index (χ4n) is 1.62. The van der Waals surface area contributed by atoms with Gasteiger partial charge in [-0.2, -0.15) is 5.10 Å². The van der Waals surface area contributed by atoms with Crippen molar-refractivity contribution in [1.29, 1.82) is 0 Å². The first-order valence-electron chi connectivity index (χ1n) is 5.93. The van der Waals surface area contributed by atoms with Crippen LogP contribution >= 0.6 is 0 Å². The van der Waals surface area contributed by atoms with Gasteiger partial charge in [0.05, 0.1) is 18.9 Å². The Bertz CT molecular complexity index is 589. The lowest BCUT2D eigenvalue weighted by atomic mass is 10.4. The van der Waals surface area contributed by atoms with Gasteiger partial charge < -0.3 is 10.4 Å². The topological polar surface area (TPSA) is 117 Å². The molecule has 98 valence electrons. The summed E-state index contributed by atoms with van der Waals surface area (Å²) in [7, 11) is 0. The molecule has 0 radical (unpaired) electrons. The number of rotatable bonds is 5. The maximum absolute atomic E-state index is 10.6. The molecule has 0 aliphatic heterocycles. The van der Waals surface area contributed by atoms with Crippen LogP contribution in [0.4, 0.5) is 5.82 Å². The number of aromatic nitrogens is 5. The largest absolute Gasteiger partial charge is 0.476 e. The number of aromatic amines is 1. The second-order valence-corrected chi connectivity index (χ2v) is 4.36. The van der Waals surface area contributed by atoms with Crippen LogP contribution in [0.1, 0.15) is 40.9 Å². The summed E-state index contributed by atoms with van der Waals surface area (Å²) < 4.78 is 0. The van der Waals surface area contributed by atoms with Crippen molar-refractivity contribution in [3.05, 3.63) is 29.7 Å². The van der Waals surface area contributed by atoms with Crippen molar-refractivity contribution < 1.29 is 9.90 Å². The van der Waals surface area contributed by atoms with Crippen molar-refractivity contribution in [1.82, 2.24) is 25.1 Å². The monoisotopic (exact) mass is 260 g/mol. The Labute approximate surface area is 108 Å². The Morgan fingerprint density at radius 2 is 2.26 bits per heavy atom. The van der Waals surface area contributed by atoms with Crippen molar-refractivity contribution >= 4 is 11.8 Å². The summed E-state index contributed by atoms with van der Waals surface area (Å²) >= 11 is 0. The normalized spacial score (nSPS) is 14.3. The molecule has 1 aliphatic rings. The summed E-state index contributed by atoms with van der Waals surface area (Å²) in [4.78, 5) is 22.7. The maximum atomic E-state index is 10.6. The quantitative estimate of drug-likeness (QED) is 0.727. The zero-order valence-corrected chi connectivity index (χ0v) is 10.00. The number of anilines is 1. The zero-order chi connectivity index (χ0) is 13.2. The van der Waals surface area contributed by atoms with E-state index in [-0.39, 0.29) is 5.69 Å². The van der Waals surface area contributed by atoms with Gasteiger partial charge in [0.2, 0.25) is 0 Å². The SMILES string of the molecule is O=C(O)c1cnc(NCc2nc(C3CC3)n[nH]2)cn1. The first kappa shape index (κ1) is 11.6. The molecule has 0 atom stereocenters. The van der Waals surface area contributed by atoms with Crippen LogP contribution < -0.4 is 5.32 Å². The Balaban J connectivity index is 1.59. The number of nitrogens with one attached hydrogen (secondary N) is 2. The number of aromatic carboxylic acids is 1. The number of carbonyl (C=O) groups is 1. The molecule has 3 N–H and O–H groups in total. The van der Waals surface area contributed by atoms with Gasteiger partial charge in [0.1, 0.15) is 11.6 Å². The number of H-pyrrole nitrogens is 1. The highest BCUT2D eigenvalue weighted by atomic mass is 16.4. The molecule has 0 saturated heterocycles. The van der Waals surface area contributed by atoms with Gasteiger partial charge in [0.15, 0.2) is 11.5 Å². The molecule has 1 saturated carbocycles. The van der Waals surface area contributed by atoms with E-state index in [1.807, 2.05) is 0 Å². The lowest BCUT2D eigenvalue weighted by molar-refractivity contribution is 0.0690. The lowest BCUT2D eigenvalue weighted by Crippen LogP contribution is -2.06. The van der Waals surface area contributed by atoms with Gasteiger partial charge in [-0.15, -0.1) is 0 Å². The predicted octanol–water partition coefficient (Wildman–Crippen LogP) is 0.782. The molecule has 2 heterocycles. The molecular weight excluding hydrogens is 248 g/mol. The third-order valence-electron chi connectivity index (χ3n) is 2.80. The molecule has 0 amide bonds. The lowest BCUT2D eigenvalue weighted by Gasteiger charge is -2.02. The van der Waals surface area contributed by atoms with Gasteiger partial charge >= 0.3 is 5.97 Å². The molecule has 3 rings (SSSR count). The average molecular weight is 260 g/mol. The van der Waals surface area contributed by atoms with E-state index in [4.69, 9.17) is 5.11 Å². The molecule has 0 aromatic carbocycles. The minimum atomic E-state index is -1.09. The molecular formula is C11H12N6O2. The third-order valence-corrected chi connectivity index (χ3v) is 2.80. The van der Waals surface area contributed by atoms with Gasteiger partial charge in [0, 0.05) is 5.92 Å². The highest BCUT2D eigenvalue weighted by Gasteiger charge is 2.27. The number of hydrogen-bond donors (Lipinski definition) is 3. The Hall–Kier alpha value is -2.51. The van der Waals surface area contributed by atoms with Crippen LogP contribution in [0.2, 0.25) is 0 Å². The molecule has 0 unspecified atom stereocenters. The molecule has 8 nitrogen and oxygen atoms in total. The fourth-order valence-corrected chi connectivity index (χ4v) is 1.62. The van der Waals surface area contributed by atoms with E-state index in [2.05, 4.69) is 30.5 Å². The number of carboxylic acids is 1. The summed E-state index contributed by atoms with van der Waals surface area (Å²) in [5, 5.41) is 18.7. The summed E-state index contributed by atoms with van der Waals surface area (Å²) in [6.45, 7) is 0.445. The molecule has 2 aromatic heterocycles. The number of hydrogen-bond acceptors (Lipinski definition) is 6. The highest BCUT2D eigenvalue weighted by molar-refractivity contribution is 5.84. The van der Waals surface area contributed by atoms with Gasteiger partial charge in [-0.3, -0.25) is 5.10 Å². The van der Waals surface area contributed by atoms with E-state index >= 15 is 0 Å². The predicted molar refractivity (Wildman–Crippen MR) is 64.7 cm³/mol. The van der Waals surface area contributed by atoms with E-state index < -0.39 is 5.97 Å². The smallest absolute Gasteiger partial charge is 0.356 e. The van der Waals surface area contributed by atoms with E-state index in [0.717, 1.165) is 24.5 Å². The molecule has 8 heteroatoms. The Morgan fingerprint density at radius 1 is 1.42 bits per heavy atom. The minimum absolute atomic E-state index is 0.0822. The molecule has 0 bridgehead atoms.